The largest absolute Gasteiger partial charge is 0.490 e. The van der Waals surface area contributed by atoms with Crippen molar-refractivity contribution < 1.29 is 32.6 Å². The number of hydrogen-bond acceptors (Lipinski definition) is 5. The standard InChI is InChI=1S/C15H23N3O2.C2HF3O2/c1-2-3-4-5-10-20-15(19)18-14(17)13-8-6-12(11-16)7-9-13;3-2(4,5)1(6)7/h6-9H,2-5,10-11,16H2,1H3,(H2,17,18,19);(H,6,7). The highest BCUT2D eigenvalue weighted by Crippen LogP contribution is 2.13. The number of benzene rings is 1. The van der Waals surface area contributed by atoms with Crippen molar-refractivity contribution in [3.63, 3.8) is 0 Å². The minimum absolute atomic E-state index is 0.0344. The van der Waals surface area contributed by atoms with Gasteiger partial charge in [-0.15, -0.1) is 0 Å². The number of carboxylic acid groups (broad SMARTS) is 1. The van der Waals surface area contributed by atoms with Crippen molar-refractivity contribution in [2.45, 2.75) is 45.3 Å². The summed E-state index contributed by atoms with van der Waals surface area (Å²) in [5.41, 5.74) is 7.12. The number of alkyl halides is 3. The second kappa shape index (κ2) is 12.7. The number of nitrogens with one attached hydrogen (secondary N) is 2. The van der Waals surface area contributed by atoms with Gasteiger partial charge in [-0.3, -0.25) is 10.7 Å². The van der Waals surface area contributed by atoms with Crippen molar-refractivity contribution in [1.82, 2.24) is 5.32 Å². The fourth-order valence-electron chi connectivity index (χ4n) is 1.71. The van der Waals surface area contributed by atoms with Gasteiger partial charge in [-0.05, 0) is 12.0 Å². The zero-order valence-corrected chi connectivity index (χ0v) is 14.9. The van der Waals surface area contributed by atoms with Gasteiger partial charge in [0.2, 0.25) is 0 Å². The lowest BCUT2D eigenvalue weighted by molar-refractivity contribution is -0.192. The van der Waals surface area contributed by atoms with Crippen LogP contribution in [0, 0.1) is 5.41 Å². The molecule has 0 bridgehead atoms. The first-order valence-corrected chi connectivity index (χ1v) is 8.23. The SMILES string of the molecule is CCCCCCOC(=O)NC(=N)c1ccc(CN)cc1.O=C(O)C(F)(F)F. The molecule has 1 amide bonds. The number of hydrogen-bond donors (Lipinski definition) is 4. The van der Waals surface area contributed by atoms with Crippen molar-refractivity contribution >= 4 is 17.9 Å². The van der Waals surface area contributed by atoms with Gasteiger partial charge in [-0.2, -0.15) is 13.2 Å². The molecule has 1 aromatic carbocycles. The smallest absolute Gasteiger partial charge is 0.475 e. The number of amides is 1. The van der Waals surface area contributed by atoms with Crippen molar-refractivity contribution in [2.75, 3.05) is 6.61 Å². The molecule has 0 saturated heterocycles. The number of carboxylic acids is 1. The van der Waals surface area contributed by atoms with Gasteiger partial charge in [-0.25, -0.2) is 9.59 Å². The van der Waals surface area contributed by atoms with Crippen molar-refractivity contribution in [1.29, 1.82) is 5.41 Å². The van der Waals surface area contributed by atoms with E-state index in [1.54, 1.807) is 12.1 Å². The van der Waals surface area contributed by atoms with E-state index in [4.69, 9.17) is 25.8 Å². The first-order valence-electron chi connectivity index (χ1n) is 8.23. The third-order valence-electron chi connectivity index (χ3n) is 3.18. The third kappa shape index (κ3) is 11.6. The number of alkyl carbamates (subject to hydrolysis) is 1. The lowest BCUT2D eigenvalue weighted by atomic mass is 10.1. The van der Waals surface area contributed by atoms with E-state index in [1.807, 2.05) is 12.1 Å². The molecule has 5 N–H and O–H groups in total. The van der Waals surface area contributed by atoms with Crippen LogP contribution in [0.4, 0.5) is 18.0 Å². The Kier molecular flexibility index (Phi) is 11.5. The van der Waals surface area contributed by atoms with E-state index in [1.165, 1.54) is 0 Å². The number of nitrogens with two attached hydrogens (primary N) is 1. The first-order chi connectivity index (χ1) is 12.6. The molecule has 0 unspecified atom stereocenters. The van der Waals surface area contributed by atoms with Crippen LogP contribution < -0.4 is 11.1 Å². The Labute approximate surface area is 155 Å². The molecule has 0 aliphatic heterocycles. The average molecular weight is 391 g/mol. The third-order valence-corrected chi connectivity index (χ3v) is 3.18. The predicted octanol–water partition coefficient (Wildman–Crippen LogP) is 3.41. The second-order valence-electron chi connectivity index (χ2n) is 5.40. The normalized spacial score (nSPS) is 10.4. The van der Waals surface area contributed by atoms with Gasteiger partial charge in [0.05, 0.1) is 6.61 Å². The van der Waals surface area contributed by atoms with Crippen molar-refractivity contribution in [2.24, 2.45) is 5.73 Å². The highest BCUT2D eigenvalue weighted by atomic mass is 19.4. The molecule has 1 rings (SSSR count). The number of ether oxygens (including phenoxy) is 1. The molecule has 0 aliphatic rings. The number of amidine groups is 1. The minimum Gasteiger partial charge on any atom is -0.475 e. The lowest BCUT2D eigenvalue weighted by Crippen LogP contribution is -2.31. The van der Waals surface area contributed by atoms with Gasteiger partial charge in [-0.1, -0.05) is 50.5 Å². The topological polar surface area (TPSA) is 126 Å². The maximum absolute atomic E-state index is 11.5. The second-order valence-corrected chi connectivity index (χ2v) is 5.40. The van der Waals surface area contributed by atoms with Crippen LogP contribution in [0.5, 0.6) is 0 Å². The molecule has 0 aliphatic carbocycles. The summed E-state index contributed by atoms with van der Waals surface area (Å²) in [5.74, 6) is -2.72. The van der Waals surface area contributed by atoms with Crippen molar-refractivity contribution in [3.05, 3.63) is 35.4 Å². The lowest BCUT2D eigenvalue weighted by Gasteiger charge is -2.08. The van der Waals surface area contributed by atoms with Crippen LogP contribution in [0.1, 0.15) is 43.7 Å². The van der Waals surface area contributed by atoms with E-state index >= 15 is 0 Å². The van der Waals surface area contributed by atoms with Crippen LogP contribution in [0.2, 0.25) is 0 Å². The summed E-state index contributed by atoms with van der Waals surface area (Å²) in [5, 5.41) is 17.3. The van der Waals surface area contributed by atoms with Crippen LogP contribution in [0.25, 0.3) is 0 Å². The molecule has 1 aromatic rings. The molecule has 0 atom stereocenters. The van der Waals surface area contributed by atoms with Crippen LogP contribution in [0.15, 0.2) is 24.3 Å². The van der Waals surface area contributed by atoms with Crippen LogP contribution in [-0.4, -0.2) is 35.8 Å². The molecule has 7 nitrogen and oxygen atoms in total. The van der Waals surface area contributed by atoms with E-state index in [2.05, 4.69) is 12.2 Å². The fourth-order valence-corrected chi connectivity index (χ4v) is 1.71. The summed E-state index contributed by atoms with van der Waals surface area (Å²) in [6.45, 7) is 2.98. The summed E-state index contributed by atoms with van der Waals surface area (Å²) in [7, 11) is 0. The van der Waals surface area contributed by atoms with Gasteiger partial charge in [0.1, 0.15) is 5.84 Å². The van der Waals surface area contributed by atoms with Crippen LogP contribution in [-0.2, 0) is 16.1 Å². The number of aliphatic carboxylic acids is 1. The molecule has 0 aromatic heterocycles. The highest BCUT2D eigenvalue weighted by Gasteiger charge is 2.38. The molecule has 152 valence electrons. The maximum Gasteiger partial charge on any atom is 0.490 e. The Balaban J connectivity index is 0.000000821. The first kappa shape index (κ1) is 24.4. The molecule has 0 spiro atoms. The highest BCUT2D eigenvalue weighted by molar-refractivity contribution is 6.04. The van der Waals surface area contributed by atoms with Crippen molar-refractivity contribution in [3.8, 4) is 0 Å². The number of unbranched alkanes of at least 4 members (excludes halogenated alkanes) is 3. The zero-order chi connectivity index (χ0) is 20.9. The zero-order valence-electron chi connectivity index (χ0n) is 14.9. The molecule has 27 heavy (non-hydrogen) atoms. The Morgan fingerprint density at radius 1 is 1.19 bits per heavy atom. The van der Waals surface area contributed by atoms with E-state index in [0.29, 0.717) is 18.7 Å². The van der Waals surface area contributed by atoms with Gasteiger partial charge in [0.15, 0.2) is 0 Å². The van der Waals surface area contributed by atoms with Gasteiger partial charge in [0.25, 0.3) is 0 Å². The average Bonchev–Trinajstić information content (AvgIpc) is 2.61. The number of halogens is 3. The Hall–Kier alpha value is -2.62. The fraction of sp³-hybridized carbons (Fsp3) is 0.471. The van der Waals surface area contributed by atoms with E-state index in [-0.39, 0.29) is 5.84 Å². The summed E-state index contributed by atoms with van der Waals surface area (Å²) >= 11 is 0. The van der Waals surface area contributed by atoms with E-state index in [9.17, 15) is 18.0 Å². The Bertz CT molecular complexity index is 604. The Morgan fingerprint density at radius 3 is 2.19 bits per heavy atom. The Morgan fingerprint density at radius 2 is 1.74 bits per heavy atom. The summed E-state index contributed by atoms with van der Waals surface area (Å²) in [6, 6.07) is 7.18. The molecule has 0 saturated carbocycles. The molecule has 0 heterocycles. The predicted molar refractivity (Wildman–Crippen MR) is 93.5 cm³/mol. The van der Waals surface area contributed by atoms with Crippen LogP contribution >= 0.6 is 0 Å². The summed E-state index contributed by atoms with van der Waals surface area (Å²) < 4.78 is 36.8. The number of carbonyl (C=O) groups excluding carboxylic acids is 1. The quantitative estimate of drug-likeness (QED) is 0.322. The molecule has 0 fully saturated rings. The van der Waals surface area contributed by atoms with E-state index < -0.39 is 18.2 Å². The number of rotatable bonds is 7. The monoisotopic (exact) mass is 391 g/mol. The molecular weight excluding hydrogens is 367 g/mol. The van der Waals surface area contributed by atoms with E-state index in [0.717, 1.165) is 31.2 Å². The van der Waals surface area contributed by atoms with Gasteiger partial charge in [0, 0.05) is 12.1 Å². The minimum atomic E-state index is -5.08. The summed E-state index contributed by atoms with van der Waals surface area (Å²) in [6.07, 6.45) is -1.44. The van der Waals surface area contributed by atoms with Crippen LogP contribution in [0.3, 0.4) is 0 Å². The summed E-state index contributed by atoms with van der Waals surface area (Å²) in [4.78, 5) is 20.4. The number of carbonyl (C=O) groups is 2. The van der Waals surface area contributed by atoms with Gasteiger partial charge < -0.3 is 15.6 Å². The maximum atomic E-state index is 11.5. The van der Waals surface area contributed by atoms with Gasteiger partial charge >= 0.3 is 18.2 Å². The molecular formula is C17H24F3N3O4. The molecule has 0 radical (unpaired) electrons. The molecule has 10 heteroatoms.